The number of amides is 1. The summed E-state index contributed by atoms with van der Waals surface area (Å²) in [6, 6.07) is 11.1. The average Bonchev–Trinajstić information content (AvgIpc) is 2.61. The smallest absolute Gasteiger partial charge is 0.246 e. The topological polar surface area (TPSA) is 51.7 Å². The molecule has 5 heteroatoms. The van der Waals surface area contributed by atoms with Gasteiger partial charge in [-0.15, -0.1) is 0 Å². The lowest BCUT2D eigenvalue weighted by Crippen LogP contribution is -2.29. The lowest BCUT2D eigenvalue weighted by molar-refractivity contribution is -0.125. The van der Waals surface area contributed by atoms with Crippen LogP contribution in [-0.2, 0) is 4.79 Å². The molecule has 0 saturated carbocycles. The molecular weight excluding hydrogens is 292 g/mol. The summed E-state index contributed by atoms with van der Waals surface area (Å²) in [6.45, 7) is 0.928. The number of pyridine rings is 1. The van der Waals surface area contributed by atoms with Gasteiger partial charge in [0.2, 0.25) is 5.91 Å². The molecule has 1 amide bonds. The molecule has 0 atom stereocenters. The molecule has 1 aromatic carbocycles. The van der Waals surface area contributed by atoms with Crippen LogP contribution < -0.4 is 9.47 Å². The number of nitrogens with zero attached hydrogens (tertiary/aromatic N) is 2. The zero-order chi connectivity index (χ0) is 16.5. The minimum atomic E-state index is -0.0767. The molecule has 2 rings (SSSR count). The van der Waals surface area contributed by atoms with Crippen LogP contribution in [0.1, 0.15) is 5.56 Å². The van der Waals surface area contributed by atoms with Crippen molar-refractivity contribution in [2.45, 2.75) is 0 Å². The predicted molar refractivity (Wildman–Crippen MR) is 89.4 cm³/mol. The highest BCUT2D eigenvalue weighted by Gasteiger charge is 2.05. The van der Waals surface area contributed by atoms with Crippen LogP contribution in [0.3, 0.4) is 0 Å². The second-order valence-corrected chi connectivity index (χ2v) is 4.90. The molecule has 0 aliphatic rings. The van der Waals surface area contributed by atoms with Crippen molar-refractivity contribution < 1.29 is 14.3 Å². The van der Waals surface area contributed by atoms with Crippen LogP contribution in [0.15, 0.2) is 54.9 Å². The SMILES string of the molecule is COc1ccc(OCCN(C)C(=O)/C=C/c2cccnc2)cc1. The van der Waals surface area contributed by atoms with Gasteiger partial charge in [0.15, 0.2) is 0 Å². The Bertz CT molecular complexity index is 639. The van der Waals surface area contributed by atoms with Crippen LogP contribution in [0.4, 0.5) is 0 Å². The van der Waals surface area contributed by atoms with E-state index in [4.69, 9.17) is 9.47 Å². The fraction of sp³-hybridized carbons (Fsp3) is 0.222. The van der Waals surface area contributed by atoms with E-state index in [1.807, 2.05) is 36.4 Å². The zero-order valence-corrected chi connectivity index (χ0v) is 13.3. The molecule has 0 fully saturated rings. The first-order valence-corrected chi connectivity index (χ1v) is 7.29. The number of aromatic nitrogens is 1. The number of methoxy groups -OCH3 is 1. The van der Waals surface area contributed by atoms with Gasteiger partial charge >= 0.3 is 0 Å². The Morgan fingerprint density at radius 2 is 1.96 bits per heavy atom. The summed E-state index contributed by atoms with van der Waals surface area (Å²) in [5.74, 6) is 1.45. The molecule has 0 aliphatic heterocycles. The van der Waals surface area contributed by atoms with Crippen molar-refractivity contribution in [3.05, 3.63) is 60.4 Å². The molecular formula is C18H20N2O3. The molecule has 1 aromatic heterocycles. The molecule has 120 valence electrons. The van der Waals surface area contributed by atoms with Crippen LogP contribution in [0.2, 0.25) is 0 Å². The van der Waals surface area contributed by atoms with Gasteiger partial charge in [-0.1, -0.05) is 6.07 Å². The molecule has 0 unspecified atom stereocenters. The number of carbonyl (C=O) groups excluding carboxylic acids is 1. The molecule has 0 spiro atoms. The number of rotatable bonds is 7. The predicted octanol–water partition coefficient (Wildman–Crippen LogP) is 2.64. The first-order chi connectivity index (χ1) is 11.2. The number of carbonyl (C=O) groups is 1. The van der Waals surface area contributed by atoms with Gasteiger partial charge < -0.3 is 14.4 Å². The summed E-state index contributed by atoms with van der Waals surface area (Å²) in [6.07, 6.45) is 6.68. The van der Waals surface area contributed by atoms with E-state index in [-0.39, 0.29) is 5.91 Å². The Morgan fingerprint density at radius 1 is 1.22 bits per heavy atom. The molecule has 0 bridgehead atoms. The summed E-state index contributed by atoms with van der Waals surface area (Å²) in [7, 11) is 3.36. The van der Waals surface area contributed by atoms with Crippen LogP contribution >= 0.6 is 0 Å². The van der Waals surface area contributed by atoms with Gasteiger partial charge in [-0.05, 0) is 42.0 Å². The maximum absolute atomic E-state index is 12.0. The number of hydrogen-bond acceptors (Lipinski definition) is 4. The van der Waals surface area contributed by atoms with Gasteiger partial charge in [0, 0.05) is 25.5 Å². The number of ether oxygens (including phenoxy) is 2. The second-order valence-electron chi connectivity index (χ2n) is 4.90. The van der Waals surface area contributed by atoms with E-state index < -0.39 is 0 Å². The Labute approximate surface area is 136 Å². The van der Waals surface area contributed by atoms with Crippen LogP contribution in [0.5, 0.6) is 11.5 Å². The Balaban J connectivity index is 1.76. The van der Waals surface area contributed by atoms with Gasteiger partial charge in [-0.25, -0.2) is 0 Å². The van der Waals surface area contributed by atoms with E-state index in [9.17, 15) is 4.79 Å². The summed E-state index contributed by atoms with van der Waals surface area (Å²) in [4.78, 5) is 17.6. The van der Waals surface area contributed by atoms with Gasteiger partial charge in [-0.2, -0.15) is 0 Å². The van der Waals surface area contributed by atoms with E-state index >= 15 is 0 Å². The summed E-state index contributed by atoms with van der Waals surface area (Å²) < 4.78 is 10.7. The molecule has 23 heavy (non-hydrogen) atoms. The van der Waals surface area contributed by atoms with Gasteiger partial charge in [-0.3, -0.25) is 9.78 Å². The first-order valence-electron chi connectivity index (χ1n) is 7.29. The van der Waals surface area contributed by atoms with Gasteiger partial charge in [0.1, 0.15) is 18.1 Å². The first kappa shape index (κ1) is 16.5. The molecule has 0 radical (unpaired) electrons. The van der Waals surface area contributed by atoms with Crippen molar-refractivity contribution in [2.24, 2.45) is 0 Å². The van der Waals surface area contributed by atoms with E-state index in [0.717, 1.165) is 17.1 Å². The molecule has 0 aliphatic carbocycles. The molecule has 5 nitrogen and oxygen atoms in total. The minimum absolute atomic E-state index is 0.0767. The van der Waals surface area contributed by atoms with E-state index in [1.54, 1.807) is 37.5 Å². The van der Waals surface area contributed by atoms with E-state index in [0.29, 0.717) is 13.2 Å². The fourth-order valence-electron chi connectivity index (χ4n) is 1.85. The Hall–Kier alpha value is -2.82. The van der Waals surface area contributed by atoms with Crippen molar-refractivity contribution in [1.82, 2.24) is 9.88 Å². The third-order valence-electron chi connectivity index (χ3n) is 3.23. The van der Waals surface area contributed by atoms with Crippen LogP contribution in [-0.4, -0.2) is 43.1 Å². The van der Waals surface area contributed by atoms with Crippen LogP contribution in [0, 0.1) is 0 Å². The van der Waals surface area contributed by atoms with Crippen molar-refractivity contribution >= 4 is 12.0 Å². The highest BCUT2D eigenvalue weighted by molar-refractivity contribution is 5.91. The Morgan fingerprint density at radius 3 is 2.61 bits per heavy atom. The summed E-state index contributed by atoms with van der Waals surface area (Å²) in [5.41, 5.74) is 0.892. The highest BCUT2D eigenvalue weighted by Crippen LogP contribution is 2.16. The minimum Gasteiger partial charge on any atom is -0.497 e. The largest absolute Gasteiger partial charge is 0.497 e. The Kier molecular flexibility index (Phi) is 6.17. The summed E-state index contributed by atoms with van der Waals surface area (Å²) >= 11 is 0. The van der Waals surface area contributed by atoms with Crippen LogP contribution in [0.25, 0.3) is 6.08 Å². The molecule has 2 aromatic rings. The monoisotopic (exact) mass is 312 g/mol. The van der Waals surface area contributed by atoms with Crippen molar-refractivity contribution in [3.63, 3.8) is 0 Å². The third kappa shape index (κ3) is 5.47. The molecule has 0 saturated heterocycles. The average molecular weight is 312 g/mol. The van der Waals surface area contributed by atoms with Crippen molar-refractivity contribution in [2.75, 3.05) is 27.3 Å². The number of likely N-dealkylation sites (N-methyl/N-ethyl adjacent to an activating group) is 1. The fourth-order valence-corrected chi connectivity index (χ4v) is 1.85. The van der Waals surface area contributed by atoms with E-state index in [1.165, 1.54) is 6.08 Å². The standard InChI is InChI=1S/C18H20N2O3/c1-20(18(21)10-5-15-4-3-11-19-14-15)12-13-23-17-8-6-16(22-2)7-9-17/h3-11,14H,12-13H2,1-2H3/b10-5+. The van der Waals surface area contributed by atoms with E-state index in [2.05, 4.69) is 4.98 Å². The van der Waals surface area contributed by atoms with Gasteiger partial charge in [0.25, 0.3) is 0 Å². The third-order valence-corrected chi connectivity index (χ3v) is 3.23. The number of benzene rings is 1. The van der Waals surface area contributed by atoms with Crippen molar-refractivity contribution in [3.8, 4) is 11.5 Å². The van der Waals surface area contributed by atoms with Crippen molar-refractivity contribution in [1.29, 1.82) is 0 Å². The maximum atomic E-state index is 12.0. The maximum Gasteiger partial charge on any atom is 0.246 e. The second kappa shape index (κ2) is 8.58. The zero-order valence-electron chi connectivity index (χ0n) is 13.3. The summed E-state index contributed by atoms with van der Waals surface area (Å²) in [5, 5.41) is 0. The lowest BCUT2D eigenvalue weighted by Gasteiger charge is -2.15. The normalized spacial score (nSPS) is 10.5. The highest BCUT2D eigenvalue weighted by atomic mass is 16.5. The number of hydrogen-bond donors (Lipinski definition) is 0. The van der Waals surface area contributed by atoms with Gasteiger partial charge in [0.05, 0.1) is 13.7 Å². The molecule has 1 heterocycles. The lowest BCUT2D eigenvalue weighted by atomic mass is 10.2. The molecule has 0 N–H and O–H groups in total. The quantitative estimate of drug-likeness (QED) is 0.738.